The highest BCUT2D eigenvalue weighted by Gasteiger charge is 2.04. The number of para-hydroxylation sites is 2. The smallest absolute Gasteiger partial charge is 0.318 e. The van der Waals surface area contributed by atoms with E-state index in [-0.39, 0.29) is 6.03 Å². The molecule has 0 atom stereocenters. The van der Waals surface area contributed by atoms with Crippen LogP contribution in [0.25, 0.3) is 0 Å². The van der Waals surface area contributed by atoms with Gasteiger partial charge in [-0.15, -0.1) is 0 Å². The van der Waals surface area contributed by atoms with E-state index >= 15 is 0 Å². The van der Waals surface area contributed by atoms with Crippen LogP contribution in [0.3, 0.4) is 0 Å². The number of nitrogens with one attached hydrogen (secondary N) is 2. The number of hydrogen-bond acceptors (Lipinski definition) is 3. The van der Waals surface area contributed by atoms with Crippen LogP contribution in [-0.4, -0.2) is 20.2 Å². The lowest BCUT2D eigenvalue weighted by molar-refractivity contribution is 0.254. The lowest BCUT2D eigenvalue weighted by atomic mass is 10.2. The molecule has 0 bridgehead atoms. The fourth-order valence-corrected chi connectivity index (χ4v) is 1.83. The average Bonchev–Trinajstić information content (AvgIpc) is 2.53. The average molecular weight is 286 g/mol. The van der Waals surface area contributed by atoms with Gasteiger partial charge in [-0.2, -0.15) is 0 Å². The van der Waals surface area contributed by atoms with E-state index in [0.29, 0.717) is 18.1 Å². The first kappa shape index (κ1) is 14.7. The molecule has 0 radical (unpaired) electrons. The Balaban J connectivity index is 2.03. The van der Waals surface area contributed by atoms with E-state index in [4.69, 9.17) is 9.47 Å². The van der Waals surface area contributed by atoms with Crippen molar-refractivity contribution in [2.24, 2.45) is 0 Å². The van der Waals surface area contributed by atoms with Crippen LogP contribution in [-0.2, 0) is 6.61 Å². The molecule has 0 aromatic heterocycles. The highest BCUT2D eigenvalue weighted by Crippen LogP contribution is 2.26. The van der Waals surface area contributed by atoms with Gasteiger partial charge >= 0.3 is 6.03 Å². The minimum atomic E-state index is -0.252. The Morgan fingerprint density at radius 1 is 1.10 bits per heavy atom. The molecule has 0 unspecified atom stereocenters. The van der Waals surface area contributed by atoms with Crippen LogP contribution in [0, 0.1) is 0 Å². The lowest BCUT2D eigenvalue weighted by Gasteiger charge is -2.11. The number of anilines is 1. The van der Waals surface area contributed by atoms with Gasteiger partial charge in [0, 0.05) is 12.7 Å². The minimum Gasteiger partial charge on any atom is -0.493 e. The van der Waals surface area contributed by atoms with Crippen LogP contribution < -0.4 is 20.1 Å². The van der Waals surface area contributed by atoms with Crippen LogP contribution in [0.15, 0.2) is 48.5 Å². The van der Waals surface area contributed by atoms with E-state index < -0.39 is 0 Å². The van der Waals surface area contributed by atoms with Crippen molar-refractivity contribution < 1.29 is 14.3 Å². The van der Waals surface area contributed by atoms with Crippen molar-refractivity contribution in [3.05, 3.63) is 54.1 Å². The predicted octanol–water partition coefficient (Wildman–Crippen LogP) is 3.03. The Labute approximate surface area is 123 Å². The first-order valence-electron chi connectivity index (χ1n) is 6.56. The normalized spacial score (nSPS) is 9.81. The van der Waals surface area contributed by atoms with Crippen LogP contribution in [0.1, 0.15) is 5.56 Å². The van der Waals surface area contributed by atoms with Gasteiger partial charge in [-0.25, -0.2) is 4.79 Å². The quantitative estimate of drug-likeness (QED) is 0.888. The molecule has 2 aromatic carbocycles. The number of benzene rings is 2. The maximum absolute atomic E-state index is 11.3. The summed E-state index contributed by atoms with van der Waals surface area (Å²) in [6.07, 6.45) is 0. The zero-order chi connectivity index (χ0) is 15.1. The number of amides is 2. The summed E-state index contributed by atoms with van der Waals surface area (Å²) in [4.78, 5) is 11.3. The number of rotatable bonds is 5. The number of hydrogen-bond donors (Lipinski definition) is 2. The van der Waals surface area contributed by atoms with Gasteiger partial charge in [-0.3, -0.25) is 0 Å². The maximum Gasteiger partial charge on any atom is 0.318 e. The van der Waals surface area contributed by atoms with Crippen molar-refractivity contribution in [1.82, 2.24) is 5.32 Å². The molecule has 0 saturated heterocycles. The van der Waals surface area contributed by atoms with Crippen LogP contribution in [0.2, 0.25) is 0 Å². The third-order valence-electron chi connectivity index (χ3n) is 2.88. The zero-order valence-corrected chi connectivity index (χ0v) is 12.1. The summed E-state index contributed by atoms with van der Waals surface area (Å²) in [5.74, 6) is 1.38. The summed E-state index contributed by atoms with van der Waals surface area (Å²) in [6.45, 7) is 0.392. The first-order chi connectivity index (χ1) is 10.2. The third-order valence-corrected chi connectivity index (χ3v) is 2.88. The summed E-state index contributed by atoms with van der Waals surface area (Å²) in [6, 6.07) is 14.7. The molecule has 5 nitrogen and oxygen atoms in total. The fraction of sp³-hybridized carbons (Fsp3) is 0.188. The summed E-state index contributed by atoms with van der Waals surface area (Å²) in [7, 11) is 3.18. The molecule has 0 aliphatic rings. The standard InChI is InChI=1S/C16H18N2O3/c1-17-16(19)18-13-7-5-6-12(10-13)11-21-15-9-4-3-8-14(15)20-2/h3-10H,11H2,1-2H3,(H2,17,18,19). The Morgan fingerprint density at radius 3 is 2.57 bits per heavy atom. The lowest BCUT2D eigenvalue weighted by Crippen LogP contribution is -2.24. The second-order valence-electron chi connectivity index (χ2n) is 4.34. The molecule has 5 heteroatoms. The summed E-state index contributed by atoms with van der Waals surface area (Å²) >= 11 is 0. The van der Waals surface area contributed by atoms with Crippen molar-refractivity contribution in [2.45, 2.75) is 6.61 Å². The van der Waals surface area contributed by atoms with Gasteiger partial charge in [-0.1, -0.05) is 24.3 Å². The van der Waals surface area contributed by atoms with E-state index in [1.165, 1.54) is 0 Å². The molecule has 0 spiro atoms. The summed E-state index contributed by atoms with van der Waals surface area (Å²) in [5, 5.41) is 5.23. The molecule has 2 N–H and O–H groups in total. The molecular weight excluding hydrogens is 268 g/mol. The van der Waals surface area contributed by atoms with Crippen molar-refractivity contribution in [2.75, 3.05) is 19.5 Å². The SMILES string of the molecule is CNC(=O)Nc1cccc(COc2ccccc2OC)c1. The molecule has 0 aliphatic heterocycles. The molecule has 2 aromatic rings. The highest BCUT2D eigenvalue weighted by molar-refractivity contribution is 5.89. The minimum absolute atomic E-state index is 0.252. The second kappa shape index (κ2) is 7.19. The third kappa shape index (κ3) is 4.14. The molecule has 2 rings (SSSR count). The molecule has 21 heavy (non-hydrogen) atoms. The highest BCUT2D eigenvalue weighted by atomic mass is 16.5. The molecule has 0 saturated carbocycles. The van der Waals surface area contributed by atoms with E-state index in [1.54, 1.807) is 14.2 Å². The maximum atomic E-state index is 11.3. The van der Waals surface area contributed by atoms with Crippen LogP contribution in [0.4, 0.5) is 10.5 Å². The number of methoxy groups -OCH3 is 1. The topological polar surface area (TPSA) is 59.6 Å². The molecule has 110 valence electrons. The summed E-state index contributed by atoms with van der Waals surface area (Å²) in [5.41, 5.74) is 1.67. The van der Waals surface area contributed by atoms with Crippen molar-refractivity contribution in [3.8, 4) is 11.5 Å². The van der Waals surface area contributed by atoms with E-state index in [2.05, 4.69) is 10.6 Å². The molecular formula is C16H18N2O3. The fourth-order valence-electron chi connectivity index (χ4n) is 1.83. The molecule has 0 aliphatic carbocycles. The largest absolute Gasteiger partial charge is 0.493 e. The van der Waals surface area contributed by atoms with Gasteiger partial charge in [0.2, 0.25) is 0 Å². The van der Waals surface area contributed by atoms with Gasteiger partial charge < -0.3 is 20.1 Å². The predicted molar refractivity (Wildman–Crippen MR) is 81.8 cm³/mol. The van der Waals surface area contributed by atoms with Crippen LogP contribution >= 0.6 is 0 Å². The van der Waals surface area contributed by atoms with Gasteiger partial charge in [0.15, 0.2) is 11.5 Å². The zero-order valence-electron chi connectivity index (χ0n) is 12.1. The number of carbonyl (C=O) groups is 1. The van der Waals surface area contributed by atoms with E-state index in [0.717, 1.165) is 11.3 Å². The van der Waals surface area contributed by atoms with Crippen molar-refractivity contribution in [3.63, 3.8) is 0 Å². The Hall–Kier alpha value is -2.69. The Kier molecular flexibility index (Phi) is 5.04. The number of carbonyl (C=O) groups excluding carboxylic acids is 1. The van der Waals surface area contributed by atoms with Crippen molar-refractivity contribution in [1.29, 1.82) is 0 Å². The molecule has 0 heterocycles. The van der Waals surface area contributed by atoms with Crippen LogP contribution in [0.5, 0.6) is 11.5 Å². The number of urea groups is 1. The van der Waals surface area contributed by atoms with Gasteiger partial charge in [0.25, 0.3) is 0 Å². The van der Waals surface area contributed by atoms with Gasteiger partial charge in [0.05, 0.1) is 7.11 Å². The van der Waals surface area contributed by atoms with Gasteiger partial charge in [-0.05, 0) is 29.8 Å². The Morgan fingerprint density at radius 2 is 1.86 bits per heavy atom. The summed E-state index contributed by atoms with van der Waals surface area (Å²) < 4.78 is 11.0. The van der Waals surface area contributed by atoms with Gasteiger partial charge in [0.1, 0.15) is 6.61 Å². The van der Waals surface area contributed by atoms with Crippen molar-refractivity contribution >= 4 is 11.7 Å². The second-order valence-corrected chi connectivity index (χ2v) is 4.34. The van der Waals surface area contributed by atoms with E-state index in [1.807, 2.05) is 48.5 Å². The monoisotopic (exact) mass is 286 g/mol. The molecule has 0 fully saturated rings. The molecule has 2 amide bonds. The first-order valence-corrected chi connectivity index (χ1v) is 6.56. The number of ether oxygens (including phenoxy) is 2. The Bertz CT molecular complexity index is 614. The van der Waals surface area contributed by atoms with E-state index in [9.17, 15) is 4.79 Å².